The van der Waals surface area contributed by atoms with Crippen LogP contribution in [0, 0.1) is 0 Å². The molecule has 0 unspecified atom stereocenters. The molecule has 0 radical (unpaired) electrons. The molecule has 1 aliphatic heterocycles. The minimum absolute atomic E-state index is 0.947. The third kappa shape index (κ3) is 7.54. The highest BCUT2D eigenvalue weighted by atomic mass is 15.1. The molecule has 56 heavy (non-hydrogen) atoms. The molecule has 0 bridgehead atoms. The minimum Gasteiger partial charge on any atom is -0.311 e. The summed E-state index contributed by atoms with van der Waals surface area (Å²) >= 11 is 0. The van der Waals surface area contributed by atoms with Crippen molar-refractivity contribution in [3.05, 3.63) is 229 Å². The molecule has 1 aliphatic rings. The Balaban J connectivity index is 0.929. The van der Waals surface area contributed by atoms with Crippen molar-refractivity contribution < 1.29 is 9.13 Å². The van der Waals surface area contributed by atoms with E-state index in [0.29, 0.717) is 0 Å². The van der Waals surface area contributed by atoms with Gasteiger partial charge in [0.2, 0.25) is 13.1 Å². The number of aryl methyl sites for hydroxylation is 2. The van der Waals surface area contributed by atoms with Crippen LogP contribution in [-0.2, 0) is 13.1 Å². The lowest BCUT2D eigenvalue weighted by Gasteiger charge is -2.25. The van der Waals surface area contributed by atoms with E-state index in [0.717, 1.165) is 58.3 Å². The quantitative estimate of drug-likeness (QED) is 0.131. The van der Waals surface area contributed by atoms with E-state index in [4.69, 9.17) is 0 Å². The average Bonchev–Trinajstić information content (AvgIpc) is 3.27. The van der Waals surface area contributed by atoms with Crippen molar-refractivity contribution in [2.24, 2.45) is 0 Å². The number of para-hydroxylation sites is 4. The predicted octanol–water partition coefficient (Wildman–Crippen LogP) is 12.2. The molecule has 268 valence electrons. The van der Waals surface area contributed by atoms with Crippen LogP contribution in [0.1, 0.15) is 22.3 Å². The molecule has 3 heterocycles. The highest BCUT2D eigenvalue weighted by Crippen LogP contribution is 2.36. The fourth-order valence-electron chi connectivity index (χ4n) is 7.40. The van der Waals surface area contributed by atoms with Gasteiger partial charge in [0.05, 0.1) is 0 Å². The molecule has 0 saturated carbocycles. The van der Waals surface area contributed by atoms with E-state index in [1.54, 1.807) is 0 Å². The number of hydrogen-bond acceptors (Lipinski definition) is 2. The Labute approximate surface area is 329 Å². The molecule has 0 spiro atoms. The van der Waals surface area contributed by atoms with Gasteiger partial charge in [0.1, 0.15) is 0 Å². The molecular weight excluding hydrogens is 681 g/mol. The molecule has 6 aromatic carbocycles. The van der Waals surface area contributed by atoms with Gasteiger partial charge in [-0.1, -0.05) is 121 Å². The Kier molecular flexibility index (Phi) is 9.83. The third-order valence-corrected chi connectivity index (χ3v) is 10.3. The van der Waals surface area contributed by atoms with Crippen molar-refractivity contribution in [1.29, 1.82) is 0 Å². The Morgan fingerprint density at radius 2 is 0.589 bits per heavy atom. The topological polar surface area (TPSA) is 14.2 Å². The number of hydrogen-bond donors (Lipinski definition) is 0. The van der Waals surface area contributed by atoms with E-state index in [1.165, 1.54) is 22.5 Å². The van der Waals surface area contributed by atoms with Gasteiger partial charge in [0, 0.05) is 58.4 Å². The maximum atomic E-state index is 2.36. The summed E-state index contributed by atoms with van der Waals surface area (Å²) in [5.74, 6) is 0. The van der Waals surface area contributed by atoms with Crippen molar-refractivity contribution in [1.82, 2.24) is 0 Å². The molecule has 0 N–H and O–H groups in total. The zero-order chi connectivity index (χ0) is 37.5. The smallest absolute Gasteiger partial charge is 0.278 e. The molecule has 4 nitrogen and oxygen atoms in total. The normalized spacial score (nSPS) is 12.0. The van der Waals surface area contributed by atoms with E-state index in [9.17, 15) is 0 Å². The van der Waals surface area contributed by atoms with Crippen LogP contribution in [0.5, 0.6) is 0 Å². The van der Waals surface area contributed by atoms with Crippen LogP contribution < -0.4 is 18.9 Å². The summed E-state index contributed by atoms with van der Waals surface area (Å²) in [7, 11) is 0. The fraction of sp³-hybridized carbons (Fsp3) is 0.0385. The van der Waals surface area contributed by atoms with Gasteiger partial charge in [0.15, 0.2) is 12.4 Å². The first-order valence-electron chi connectivity index (χ1n) is 19.2. The van der Waals surface area contributed by atoms with Gasteiger partial charge in [-0.2, -0.15) is 9.13 Å². The summed E-state index contributed by atoms with van der Waals surface area (Å²) in [6, 6.07) is 68.7. The lowest BCUT2D eigenvalue weighted by atomic mass is 10.1. The second kappa shape index (κ2) is 16.0. The van der Waals surface area contributed by atoms with E-state index in [2.05, 4.69) is 250 Å². The SMILES string of the molecule is C(=C\c1cc[n+]2c(c1)-c1cc(/C=C/c3ccc(N(c4ccccc4)c4ccccc4)cc3)cc[n+]1CC2)/c1ccc(N(c2ccccc2)c2ccccc2)cc1. The summed E-state index contributed by atoms with van der Waals surface area (Å²) in [5, 5.41) is 0. The standard InChI is InChI=1S/C52H42N4/c1-5-13-45(14-6-1)55(46-15-7-2-8-16-46)49-29-25-41(26-30-49)21-23-43-33-35-53-37-38-54-36-34-44(40-52(54)51(53)39-43)24-22-42-27-31-50(32-28-42)56(47-17-9-3-10-18-47)48-19-11-4-12-20-48/h1-36,39-40H,37-38H2/q+2. The number of benzene rings is 6. The summed E-state index contributed by atoms with van der Waals surface area (Å²) < 4.78 is 4.72. The van der Waals surface area contributed by atoms with Crippen LogP contribution in [0.2, 0.25) is 0 Å². The number of pyridine rings is 2. The second-order valence-electron chi connectivity index (χ2n) is 13.9. The summed E-state index contributed by atoms with van der Waals surface area (Å²) in [6.45, 7) is 1.89. The Morgan fingerprint density at radius 1 is 0.304 bits per heavy atom. The first kappa shape index (κ1) is 34.5. The van der Waals surface area contributed by atoms with Gasteiger partial charge in [-0.25, -0.2) is 0 Å². The van der Waals surface area contributed by atoms with Crippen LogP contribution >= 0.6 is 0 Å². The first-order chi connectivity index (χ1) is 27.7. The molecule has 4 heteroatoms. The van der Waals surface area contributed by atoms with Gasteiger partial charge >= 0.3 is 0 Å². The van der Waals surface area contributed by atoms with E-state index in [1.807, 2.05) is 0 Å². The lowest BCUT2D eigenvalue weighted by molar-refractivity contribution is -0.794. The number of anilines is 6. The first-order valence-corrected chi connectivity index (χ1v) is 19.2. The number of nitrogens with zero attached hydrogens (tertiary/aromatic N) is 4. The molecule has 8 aromatic rings. The largest absolute Gasteiger partial charge is 0.311 e. The van der Waals surface area contributed by atoms with Gasteiger partial charge in [-0.05, 0) is 95.1 Å². The van der Waals surface area contributed by atoms with E-state index < -0.39 is 0 Å². The molecule has 2 aromatic heterocycles. The maximum Gasteiger partial charge on any atom is 0.278 e. The zero-order valence-electron chi connectivity index (χ0n) is 31.1. The summed E-state index contributed by atoms with van der Waals surface area (Å²) in [6.07, 6.45) is 13.3. The van der Waals surface area contributed by atoms with Crippen LogP contribution in [0.4, 0.5) is 34.1 Å². The van der Waals surface area contributed by atoms with Crippen molar-refractivity contribution in [3.63, 3.8) is 0 Å². The van der Waals surface area contributed by atoms with Gasteiger partial charge in [-0.15, -0.1) is 0 Å². The molecule has 0 aliphatic carbocycles. The molecule has 0 amide bonds. The van der Waals surface area contributed by atoms with Crippen LogP contribution in [0.25, 0.3) is 35.7 Å². The molecule has 0 atom stereocenters. The monoisotopic (exact) mass is 722 g/mol. The summed E-state index contributed by atoms with van der Waals surface area (Å²) in [4.78, 5) is 4.57. The Bertz CT molecular complexity index is 2340. The number of rotatable bonds is 10. The number of fused-ring (bicyclic) bond motifs is 3. The molecular formula is C52H42N4+2. The number of aromatic nitrogens is 2. The zero-order valence-corrected chi connectivity index (χ0v) is 31.1. The van der Waals surface area contributed by atoms with Crippen LogP contribution in [0.15, 0.2) is 207 Å². The summed E-state index contributed by atoms with van der Waals surface area (Å²) in [5.41, 5.74) is 13.9. The Morgan fingerprint density at radius 3 is 0.911 bits per heavy atom. The van der Waals surface area contributed by atoms with Crippen molar-refractivity contribution in [2.75, 3.05) is 9.80 Å². The fourth-order valence-corrected chi connectivity index (χ4v) is 7.40. The van der Waals surface area contributed by atoms with Gasteiger partial charge < -0.3 is 9.80 Å². The van der Waals surface area contributed by atoms with Crippen LogP contribution in [0.3, 0.4) is 0 Å². The van der Waals surface area contributed by atoms with Crippen molar-refractivity contribution >= 4 is 58.4 Å². The van der Waals surface area contributed by atoms with Crippen molar-refractivity contribution in [2.45, 2.75) is 13.1 Å². The Hall–Kier alpha value is -7.30. The predicted molar refractivity (Wildman–Crippen MR) is 232 cm³/mol. The maximum absolute atomic E-state index is 2.36. The molecule has 0 saturated heterocycles. The third-order valence-electron chi connectivity index (χ3n) is 10.3. The minimum atomic E-state index is 0.947. The highest BCUT2D eigenvalue weighted by Gasteiger charge is 2.29. The second-order valence-corrected chi connectivity index (χ2v) is 13.9. The lowest BCUT2D eigenvalue weighted by Crippen LogP contribution is -2.53. The van der Waals surface area contributed by atoms with Gasteiger partial charge in [-0.3, -0.25) is 0 Å². The molecule has 9 rings (SSSR count). The highest BCUT2D eigenvalue weighted by molar-refractivity contribution is 5.80. The van der Waals surface area contributed by atoms with Crippen LogP contribution in [-0.4, -0.2) is 0 Å². The molecule has 0 fully saturated rings. The van der Waals surface area contributed by atoms with E-state index >= 15 is 0 Å². The van der Waals surface area contributed by atoms with E-state index in [-0.39, 0.29) is 0 Å². The average molecular weight is 723 g/mol. The van der Waals surface area contributed by atoms with Gasteiger partial charge in [0.25, 0.3) is 11.4 Å². The van der Waals surface area contributed by atoms with Crippen molar-refractivity contribution in [3.8, 4) is 11.4 Å².